The van der Waals surface area contributed by atoms with Crippen molar-refractivity contribution < 1.29 is 18.3 Å². The Morgan fingerprint density at radius 2 is 1.77 bits per heavy atom. The number of nitrogens with one attached hydrogen (secondary N) is 1. The Morgan fingerprint density at radius 1 is 1.08 bits per heavy atom. The largest absolute Gasteiger partial charge is 0.383 e. The van der Waals surface area contributed by atoms with E-state index < -0.39 is 19.9 Å². The Bertz CT molecular complexity index is 960. The van der Waals surface area contributed by atoms with Crippen LogP contribution in [0.25, 0.3) is 0 Å². The van der Waals surface area contributed by atoms with Crippen LogP contribution in [-0.2, 0) is 16.6 Å². The minimum absolute atomic E-state index is 0.119. The summed E-state index contributed by atoms with van der Waals surface area (Å²) >= 11 is 0. The molecule has 10 nitrogen and oxygen atoms in total. The lowest BCUT2D eigenvalue weighted by Gasteiger charge is -2.17. The fraction of sp³-hybridized carbons (Fsp3) is 0.200. The van der Waals surface area contributed by atoms with Gasteiger partial charge in [0.25, 0.3) is 11.4 Å². The second-order valence-electron chi connectivity index (χ2n) is 5.37. The van der Waals surface area contributed by atoms with Crippen LogP contribution in [-0.4, -0.2) is 36.7 Å². The molecule has 2 rings (SSSR count). The SMILES string of the molecule is CNc1ccc(S(=O)(=O)N(C)Cc2cccc([N+](=O)[O-])c2)cc1[N+](=O)[O-]. The van der Waals surface area contributed by atoms with Crippen LogP contribution in [0.5, 0.6) is 0 Å². The van der Waals surface area contributed by atoms with Gasteiger partial charge in [0.05, 0.1) is 14.7 Å². The molecule has 0 saturated carbocycles. The number of hydrogen-bond acceptors (Lipinski definition) is 7. The molecule has 0 unspecified atom stereocenters. The molecule has 138 valence electrons. The molecule has 0 fully saturated rings. The zero-order chi connectivity index (χ0) is 19.5. The van der Waals surface area contributed by atoms with E-state index in [1.165, 1.54) is 44.4 Å². The Hall–Kier alpha value is -3.05. The van der Waals surface area contributed by atoms with E-state index >= 15 is 0 Å². The Labute approximate surface area is 149 Å². The van der Waals surface area contributed by atoms with Gasteiger partial charge in [-0.25, -0.2) is 8.42 Å². The average Bonchev–Trinajstić information content (AvgIpc) is 2.61. The third kappa shape index (κ3) is 3.95. The minimum Gasteiger partial charge on any atom is -0.383 e. The Kier molecular flexibility index (Phi) is 5.53. The highest BCUT2D eigenvalue weighted by atomic mass is 32.2. The molecule has 0 aromatic heterocycles. The van der Waals surface area contributed by atoms with Gasteiger partial charge in [-0.2, -0.15) is 4.31 Å². The number of non-ortho nitro benzene ring substituents is 1. The number of nitro groups is 2. The summed E-state index contributed by atoms with van der Waals surface area (Å²) in [4.78, 5) is 20.5. The van der Waals surface area contributed by atoms with Crippen molar-refractivity contribution in [2.75, 3.05) is 19.4 Å². The fourth-order valence-corrected chi connectivity index (χ4v) is 3.50. The second-order valence-corrected chi connectivity index (χ2v) is 7.42. The molecule has 1 N–H and O–H groups in total. The van der Waals surface area contributed by atoms with Gasteiger partial charge in [0, 0.05) is 38.8 Å². The number of rotatable bonds is 7. The maximum absolute atomic E-state index is 12.7. The number of hydrogen-bond donors (Lipinski definition) is 1. The van der Waals surface area contributed by atoms with E-state index in [2.05, 4.69) is 5.32 Å². The van der Waals surface area contributed by atoms with Crippen LogP contribution in [0.1, 0.15) is 5.56 Å². The number of benzene rings is 2. The average molecular weight is 380 g/mol. The van der Waals surface area contributed by atoms with Crippen LogP contribution in [0.4, 0.5) is 17.1 Å². The maximum Gasteiger partial charge on any atom is 0.293 e. The second kappa shape index (κ2) is 7.45. The summed E-state index contributed by atoms with van der Waals surface area (Å²) in [6, 6.07) is 9.15. The van der Waals surface area contributed by atoms with E-state index in [1.807, 2.05) is 0 Å². The molecular formula is C15H16N4O6S. The van der Waals surface area contributed by atoms with Crippen LogP contribution in [0.2, 0.25) is 0 Å². The Morgan fingerprint density at radius 3 is 2.35 bits per heavy atom. The first-order valence-corrected chi connectivity index (χ1v) is 8.76. The van der Waals surface area contributed by atoms with Crippen LogP contribution in [0.15, 0.2) is 47.4 Å². The van der Waals surface area contributed by atoms with Crippen molar-refractivity contribution >= 4 is 27.1 Å². The first kappa shape index (κ1) is 19.3. The van der Waals surface area contributed by atoms with E-state index in [4.69, 9.17) is 0 Å². The molecular weight excluding hydrogens is 364 g/mol. The van der Waals surface area contributed by atoms with Gasteiger partial charge >= 0.3 is 0 Å². The third-order valence-corrected chi connectivity index (χ3v) is 5.47. The van der Waals surface area contributed by atoms with E-state index in [1.54, 1.807) is 6.07 Å². The third-order valence-electron chi connectivity index (χ3n) is 3.67. The molecule has 0 bridgehead atoms. The summed E-state index contributed by atoms with van der Waals surface area (Å²) in [5.74, 6) is 0. The van der Waals surface area contributed by atoms with Gasteiger partial charge in [0.2, 0.25) is 10.0 Å². The van der Waals surface area contributed by atoms with E-state index in [9.17, 15) is 28.6 Å². The molecule has 0 saturated heterocycles. The molecule has 0 radical (unpaired) electrons. The normalized spacial score (nSPS) is 11.3. The predicted molar refractivity (Wildman–Crippen MR) is 94.4 cm³/mol. The zero-order valence-corrected chi connectivity index (χ0v) is 14.8. The first-order valence-electron chi connectivity index (χ1n) is 7.32. The Balaban J connectivity index is 2.35. The molecule has 0 atom stereocenters. The molecule has 0 heterocycles. The van der Waals surface area contributed by atoms with E-state index in [0.717, 1.165) is 10.4 Å². The first-order chi connectivity index (χ1) is 12.2. The monoisotopic (exact) mass is 380 g/mol. The van der Waals surface area contributed by atoms with E-state index in [-0.39, 0.29) is 28.5 Å². The molecule has 2 aromatic carbocycles. The lowest BCUT2D eigenvalue weighted by Crippen LogP contribution is -2.26. The molecule has 0 aliphatic heterocycles. The van der Waals surface area contributed by atoms with Crippen LogP contribution in [0, 0.1) is 20.2 Å². The lowest BCUT2D eigenvalue weighted by molar-refractivity contribution is -0.385. The van der Waals surface area contributed by atoms with Gasteiger partial charge in [0.15, 0.2) is 0 Å². The topological polar surface area (TPSA) is 136 Å². The smallest absolute Gasteiger partial charge is 0.293 e. The van der Waals surface area contributed by atoms with Crippen molar-refractivity contribution in [3.63, 3.8) is 0 Å². The molecule has 0 amide bonds. The quantitative estimate of drug-likeness (QED) is 0.575. The highest BCUT2D eigenvalue weighted by molar-refractivity contribution is 7.89. The summed E-state index contributed by atoms with van der Waals surface area (Å²) in [5.41, 5.74) is 0.0986. The highest BCUT2D eigenvalue weighted by Gasteiger charge is 2.25. The van der Waals surface area contributed by atoms with E-state index in [0.29, 0.717) is 5.56 Å². The maximum atomic E-state index is 12.7. The summed E-state index contributed by atoms with van der Waals surface area (Å²) < 4.78 is 26.3. The van der Waals surface area contributed by atoms with Crippen molar-refractivity contribution in [3.8, 4) is 0 Å². The van der Waals surface area contributed by atoms with Gasteiger partial charge < -0.3 is 5.32 Å². The van der Waals surface area contributed by atoms with Crippen LogP contribution < -0.4 is 5.32 Å². The highest BCUT2D eigenvalue weighted by Crippen LogP contribution is 2.29. The van der Waals surface area contributed by atoms with Gasteiger partial charge in [-0.3, -0.25) is 20.2 Å². The van der Waals surface area contributed by atoms with Crippen molar-refractivity contribution in [2.45, 2.75) is 11.4 Å². The standard InChI is InChI=1S/C15H16N4O6S/c1-16-14-7-6-13(9-15(14)19(22)23)26(24,25)17(2)10-11-4-3-5-12(8-11)18(20)21/h3-9,16H,10H2,1-2H3. The summed E-state index contributed by atoms with van der Waals surface area (Å²) in [7, 11) is -1.23. The lowest BCUT2D eigenvalue weighted by atomic mass is 10.2. The van der Waals surface area contributed by atoms with Crippen molar-refractivity contribution in [1.29, 1.82) is 0 Å². The minimum atomic E-state index is -4.02. The van der Waals surface area contributed by atoms with Crippen molar-refractivity contribution in [1.82, 2.24) is 4.31 Å². The molecule has 0 aliphatic rings. The molecule has 0 spiro atoms. The number of sulfonamides is 1. The summed E-state index contributed by atoms with van der Waals surface area (Å²) in [6.07, 6.45) is 0. The predicted octanol–water partition coefficient (Wildman–Crippen LogP) is 2.37. The van der Waals surface area contributed by atoms with Gasteiger partial charge in [-0.05, 0) is 17.7 Å². The fourth-order valence-electron chi connectivity index (χ4n) is 2.32. The summed E-state index contributed by atoms with van der Waals surface area (Å²) in [5, 5.41) is 24.6. The molecule has 0 aliphatic carbocycles. The number of nitro benzene ring substituents is 2. The van der Waals surface area contributed by atoms with Gasteiger partial charge in [-0.15, -0.1) is 0 Å². The van der Waals surface area contributed by atoms with Crippen molar-refractivity contribution in [3.05, 3.63) is 68.3 Å². The summed E-state index contributed by atoms with van der Waals surface area (Å²) in [6.45, 7) is -0.119. The molecule has 26 heavy (non-hydrogen) atoms. The zero-order valence-electron chi connectivity index (χ0n) is 13.9. The van der Waals surface area contributed by atoms with Crippen LogP contribution >= 0.6 is 0 Å². The molecule has 11 heteroatoms. The molecule has 2 aromatic rings. The van der Waals surface area contributed by atoms with Crippen LogP contribution in [0.3, 0.4) is 0 Å². The number of nitrogens with zero attached hydrogens (tertiary/aromatic N) is 3. The number of anilines is 1. The van der Waals surface area contributed by atoms with Gasteiger partial charge in [0.1, 0.15) is 5.69 Å². The van der Waals surface area contributed by atoms with Crippen molar-refractivity contribution in [2.24, 2.45) is 0 Å². The van der Waals surface area contributed by atoms with Gasteiger partial charge in [-0.1, -0.05) is 12.1 Å².